The van der Waals surface area contributed by atoms with Gasteiger partial charge in [0.2, 0.25) is 0 Å². The highest BCUT2D eigenvalue weighted by molar-refractivity contribution is 7.15. The maximum Gasteiger partial charge on any atom is 0.123 e. The molecular weight excluding hydrogens is 260 g/mol. The molecule has 0 amide bonds. The molecule has 1 N–H and O–H groups in total. The van der Waals surface area contributed by atoms with Crippen LogP contribution in [-0.4, -0.2) is 38.4 Å². The topological polar surface area (TPSA) is 43.4 Å². The second-order valence-corrected chi connectivity index (χ2v) is 5.73. The van der Waals surface area contributed by atoms with Crippen molar-refractivity contribution in [3.8, 4) is 0 Å². The minimum absolute atomic E-state index is 0.0996. The summed E-state index contributed by atoms with van der Waals surface area (Å²) in [6.07, 6.45) is 2.86. The number of hydrogen-bond acceptors (Lipinski definition) is 5. The van der Waals surface area contributed by atoms with Gasteiger partial charge in [-0.05, 0) is 6.42 Å². The van der Waals surface area contributed by atoms with Crippen molar-refractivity contribution >= 4 is 22.9 Å². The predicted molar refractivity (Wildman–Crippen MR) is 68.7 cm³/mol. The summed E-state index contributed by atoms with van der Waals surface area (Å²) in [5, 5.41) is 4.37. The molecule has 1 saturated heterocycles. The van der Waals surface area contributed by atoms with E-state index in [0.717, 1.165) is 42.1 Å². The molecule has 2 rings (SSSR count). The van der Waals surface area contributed by atoms with E-state index in [0.29, 0.717) is 5.92 Å². The number of halogens is 1. The zero-order valence-electron chi connectivity index (χ0n) is 9.82. The van der Waals surface area contributed by atoms with Crippen molar-refractivity contribution in [1.82, 2.24) is 10.3 Å². The van der Waals surface area contributed by atoms with E-state index in [4.69, 9.17) is 21.1 Å². The van der Waals surface area contributed by atoms with Gasteiger partial charge in [-0.15, -0.1) is 11.3 Å². The van der Waals surface area contributed by atoms with Crippen molar-refractivity contribution in [1.29, 1.82) is 0 Å². The first-order valence-electron chi connectivity index (χ1n) is 5.73. The van der Waals surface area contributed by atoms with Crippen molar-refractivity contribution in [3.63, 3.8) is 0 Å². The Morgan fingerprint density at radius 2 is 2.59 bits per heavy atom. The predicted octanol–water partition coefficient (Wildman–Crippen LogP) is 2.11. The van der Waals surface area contributed by atoms with Crippen LogP contribution in [0.2, 0.25) is 4.34 Å². The van der Waals surface area contributed by atoms with Crippen LogP contribution in [0.3, 0.4) is 0 Å². The van der Waals surface area contributed by atoms with Crippen molar-refractivity contribution in [2.45, 2.75) is 12.5 Å². The summed E-state index contributed by atoms with van der Waals surface area (Å²) < 4.78 is 11.5. The zero-order valence-corrected chi connectivity index (χ0v) is 11.4. The zero-order chi connectivity index (χ0) is 12.1. The maximum atomic E-state index is 5.90. The molecule has 1 aliphatic rings. The fourth-order valence-corrected chi connectivity index (χ4v) is 3.05. The number of thiazole rings is 1. The molecule has 2 heterocycles. The normalized spacial score (nSPS) is 24.4. The number of methoxy groups -OCH3 is 1. The van der Waals surface area contributed by atoms with Gasteiger partial charge < -0.3 is 14.8 Å². The first kappa shape index (κ1) is 13.2. The number of rotatable bonds is 6. The number of hydrogen-bond donors (Lipinski definition) is 1. The summed E-state index contributed by atoms with van der Waals surface area (Å²) in [4.78, 5) is 4.30. The molecule has 0 aromatic carbocycles. The van der Waals surface area contributed by atoms with Crippen LogP contribution in [0.5, 0.6) is 0 Å². The fraction of sp³-hybridized carbons (Fsp3) is 0.727. The summed E-state index contributed by atoms with van der Waals surface area (Å²) in [5.41, 5.74) is 0. The van der Waals surface area contributed by atoms with E-state index in [1.54, 1.807) is 13.3 Å². The molecule has 0 bridgehead atoms. The van der Waals surface area contributed by atoms with E-state index in [-0.39, 0.29) is 6.10 Å². The minimum atomic E-state index is 0.0996. The van der Waals surface area contributed by atoms with Crippen LogP contribution in [0, 0.1) is 5.92 Å². The van der Waals surface area contributed by atoms with Crippen molar-refractivity contribution in [2.75, 3.05) is 33.4 Å². The molecule has 0 saturated carbocycles. The molecule has 1 aromatic heterocycles. The largest absolute Gasteiger partial charge is 0.383 e. The molecule has 1 aliphatic heterocycles. The molecule has 1 aromatic rings. The highest BCUT2D eigenvalue weighted by Gasteiger charge is 2.31. The van der Waals surface area contributed by atoms with Crippen molar-refractivity contribution in [2.24, 2.45) is 5.92 Å². The number of aromatic nitrogens is 1. The molecule has 2 unspecified atom stereocenters. The highest BCUT2D eigenvalue weighted by atomic mass is 35.5. The Balaban J connectivity index is 1.84. The Bertz CT molecular complexity index is 348. The second-order valence-electron chi connectivity index (χ2n) is 4.04. The van der Waals surface area contributed by atoms with Crippen LogP contribution in [0.15, 0.2) is 6.20 Å². The summed E-state index contributed by atoms with van der Waals surface area (Å²) in [6.45, 7) is 3.35. The Morgan fingerprint density at radius 3 is 3.29 bits per heavy atom. The second kappa shape index (κ2) is 6.66. The summed E-state index contributed by atoms with van der Waals surface area (Å²) in [5.74, 6) is 0.481. The molecule has 2 atom stereocenters. The summed E-state index contributed by atoms with van der Waals surface area (Å²) in [7, 11) is 1.71. The number of ether oxygens (including phenoxy) is 2. The lowest BCUT2D eigenvalue weighted by Gasteiger charge is -2.16. The molecule has 1 fully saturated rings. The monoisotopic (exact) mass is 276 g/mol. The van der Waals surface area contributed by atoms with Gasteiger partial charge in [0.1, 0.15) is 15.4 Å². The van der Waals surface area contributed by atoms with Gasteiger partial charge >= 0.3 is 0 Å². The van der Waals surface area contributed by atoms with Crippen LogP contribution in [0.1, 0.15) is 17.5 Å². The van der Waals surface area contributed by atoms with Crippen LogP contribution >= 0.6 is 22.9 Å². The van der Waals surface area contributed by atoms with E-state index in [9.17, 15) is 0 Å². The Labute approximate surface area is 110 Å². The van der Waals surface area contributed by atoms with Gasteiger partial charge in [0.15, 0.2) is 0 Å². The van der Waals surface area contributed by atoms with Gasteiger partial charge in [-0.2, -0.15) is 0 Å². The third kappa shape index (κ3) is 3.63. The smallest absolute Gasteiger partial charge is 0.123 e. The van der Waals surface area contributed by atoms with E-state index in [1.165, 1.54) is 11.3 Å². The Kier molecular flexibility index (Phi) is 5.18. The summed E-state index contributed by atoms with van der Waals surface area (Å²) >= 11 is 7.41. The fourth-order valence-electron chi connectivity index (χ4n) is 1.98. The van der Waals surface area contributed by atoms with Gasteiger partial charge in [-0.1, -0.05) is 11.6 Å². The van der Waals surface area contributed by atoms with E-state index in [1.807, 2.05) is 0 Å². The first-order valence-corrected chi connectivity index (χ1v) is 6.93. The van der Waals surface area contributed by atoms with Crippen molar-refractivity contribution < 1.29 is 9.47 Å². The number of nitrogens with one attached hydrogen (secondary N) is 1. The Morgan fingerprint density at radius 1 is 1.71 bits per heavy atom. The molecule has 0 spiro atoms. The van der Waals surface area contributed by atoms with Gasteiger partial charge in [-0.3, -0.25) is 0 Å². The SMILES string of the molecule is COCCNCC1CCOC1c1ncc(Cl)s1. The molecule has 96 valence electrons. The lowest BCUT2D eigenvalue weighted by Crippen LogP contribution is -2.27. The van der Waals surface area contributed by atoms with Crippen LogP contribution < -0.4 is 5.32 Å². The molecule has 0 radical (unpaired) electrons. The standard InChI is InChI=1S/C11H17ClN2O2S/c1-15-5-3-13-6-8-2-4-16-10(8)11-14-7-9(12)17-11/h7-8,10,13H,2-6H2,1H3. The van der Waals surface area contributed by atoms with Gasteiger partial charge in [0.25, 0.3) is 0 Å². The minimum Gasteiger partial charge on any atom is -0.383 e. The Hall–Kier alpha value is -0.200. The molecule has 4 nitrogen and oxygen atoms in total. The van der Waals surface area contributed by atoms with Gasteiger partial charge in [-0.25, -0.2) is 4.98 Å². The average Bonchev–Trinajstić information content (AvgIpc) is 2.93. The lowest BCUT2D eigenvalue weighted by molar-refractivity contribution is 0.0896. The van der Waals surface area contributed by atoms with Gasteiger partial charge in [0, 0.05) is 32.7 Å². The average molecular weight is 277 g/mol. The van der Waals surface area contributed by atoms with Crippen molar-refractivity contribution in [3.05, 3.63) is 15.5 Å². The molecule has 6 heteroatoms. The third-order valence-electron chi connectivity index (χ3n) is 2.84. The van der Waals surface area contributed by atoms with E-state index in [2.05, 4.69) is 10.3 Å². The third-order valence-corrected chi connectivity index (χ3v) is 4.02. The quantitative estimate of drug-likeness (QED) is 0.808. The lowest BCUT2D eigenvalue weighted by atomic mass is 10.0. The molecule has 17 heavy (non-hydrogen) atoms. The van der Waals surface area contributed by atoms with Crippen LogP contribution in [0.25, 0.3) is 0 Å². The van der Waals surface area contributed by atoms with E-state index < -0.39 is 0 Å². The summed E-state index contributed by atoms with van der Waals surface area (Å²) in [6, 6.07) is 0. The molecular formula is C11H17ClN2O2S. The van der Waals surface area contributed by atoms with Crippen LogP contribution in [0.4, 0.5) is 0 Å². The van der Waals surface area contributed by atoms with E-state index >= 15 is 0 Å². The maximum absolute atomic E-state index is 5.90. The van der Waals surface area contributed by atoms with Gasteiger partial charge in [0.05, 0.1) is 12.8 Å². The van der Waals surface area contributed by atoms with Crippen LogP contribution in [-0.2, 0) is 9.47 Å². The molecule has 0 aliphatic carbocycles. The first-order chi connectivity index (χ1) is 8.31. The highest BCUT2D eigenvalue weighted by Crippen LogP contribution is 2.37. The number of nitrogens with zero attached hydrogens (tertiary/aromatic N) is 1.